The van der Waals surface area contributed by atoms with Crippen LogP contribution in [0.15, 0.2) is 35.7 Å². The molecule has 25 heavy (non-hydrogen) atoms. The van der Waals surface area contributed by atoms with Crippen molar-refractivity contribution in [1.29, 1.82) is 0 Å². The van der Waals surface area contributed by atoms with Crippen LogP contribution in [-0.2, 0) is 16.0 Å². The summed E-state index contributed by atoms with van der Waals surface area (Å²) in [5.74, 6) is -1.07. The molecule has 0 aliphatic carbocycles. The quantitative estimate of drug-likeness (QED) is 0.822. The van der Waals surface area contributed by atoms with E-state index >= 15 is 0 Å². The van der Waals surface area contributed by atoms with Gasteiger partial charge in [0.1, 0.15) is 6.33 Å². The molecule has 2 aromatic rings. The third kappa shape index (κ3) is 3.53. The van der Waals surface area contributed by atoms with Crippen molar-refractivity contribution in [3.8, 4) is 0 Å². The molecule has 132 valence electrons. The van der Waals surface area contributed by atoms with Gasteiger partial charge in [0.05, 0.1) is 5.75 Å². The lowest BCUT2D eigenvalue weighted by Crippen LogP contribution is -2.44. The minimum atomic E-state index is -1.00. The van der Waals surface area contributed by atoms with E-state index < -0.39 is 12.0 Å². The van der Waals surface area contributed by atoms with Crippen LogP contribution in [0.3, 0.4) is 0 Å². The molecule has 1 unspecified atom stereocenters. The fourth-order valence-corrected chi connectivity index (χ4v) is 3.93. The molecule has 0 bridgehead atoms. The van der Waals surface area contributed by atoms with E-state index in [0.29, 0.717) is 23.7 Å². The fraction of sp³-hybridized carbons (Fsp3) is 0.412. The Balaban J connectivity index is 1.75. The van der Waals surface area contributed by atoms with Crippen LogP contribution in [0.4, 0.5) is 0 Å². The van der Waals surface area contributed by atoms with Gasteiger partial charge in [0.25, 0.3) is 0 Å². The molecular weight excluding hydrogens is 340 g/mol. The van der Waals surface area contributed by atoms with Crippen molar-refractivity contribution < 1.29 is 14.7 Å². The Morgan fingerprint density at radius 1 is 1.36 bits per heavy atom. The minimum Gasteiger partial charge on any atom is -0.479 e. The van der Waals surface area contributed by atoms with Crippen LogP contribution in [0.1, 0.15) is 37.1 Å². The molecule has 1 N–H and O–H groups in total. The molecule has 0 fully saturated rings. The van der Waals surface area contributed by atoms with Gasteiger partial charge in [-0.05, 0) is 31.4 Å². The number of carbonyl (C=O) groups is 2. The van der Waals surface area contributed by atoms with E-state index in [2.05, 4.69) is 10.2 Å². The maximum Gasteiger partial charge on any atom is 0.331 e. The van der Waals surface area contributed by atoms with Crippen molar-refractivity contribution in [2.75, 3.05) is 12.3 Å². The first-order valence-electron chi connectivity index (χ1n) is 8.11. The molecule has 1 aromatic heterocycles. The van der Waals surface area contributed by atoms with Crippen molar-refractivity contribution >= 4 is 23.6 Å². The van der Waals surface area contributed by atoms with E-state index in [4.69, 9.17) is 0 Å². The van der Waals surface area contributed by atoms with Gasteiger partial charge in [-0.15, -0.1) is 10.2 Å². The molecule has 1 amide bonds. The van der Waals surface area contributed by atoms with Crippen LogP contribution < -0.4 is 0 Å². The number of carboxylic acids is 1. The second kappa shape index (κ2) is 7.26. The van der Waals surface area contributed by atoms with E-state index in [-0.39, 0.29) is 17.7 Å². The van der Waals surface area contributed by atoms with Gasteiger partial charge in [-0.3, -0.25) is 4.79 Å². The number of fused-ring (bicyclic) bond motifs is 1. The summed E-state index contributed by atoms with van der Waals surface area (Å²) in [6, 6.07) is 6.68. The Kier molecular flexibility index (Phi) is 5.08. The first kappa shape index (κ1) is 17.5. The van der Waals surface area contributed by atoms with Gasteiger partial charge < -0.3 is 14.6 Å². The van der Waals surface area contributed by atoms with Gasteiger partial charge in [-0.25, -0.2) is 4.79 Å². The number of hydrogen-bond donors (Lipinski definition) is 1. The summed E-state index contributed by atoms with van der Waals surface area (Å²) in [7, 11) is 0. The molecule has 1 aliphatic heterocycles. The Morgan fingerprint density at radius 3 is 2.84 bits per heavy atom. The Labute approximate surface area is 150 Å². The number of rotatable bonds is 5. The van der Waals surface area contributed by atoms with Crippen molar-refractivity contribution in [3.05, 3.63) is 41.7 Å². The second-order valence-corrected chi connectivity index (χ2v) is 7.12. The topological polar surface area (TPSA) is 88.3 Å². The average molecular weight is 360 g/mol. The summed E-state index contributed by atoms with van der Waals surface area (Å²) < 4.78 is 1.89. The predicted molar refractivity (Wildman–Crippen MR) is 93.4 cm³/mol. The molecule has 1 aromatic carbocycles. The van der Waals surface area contributed by atoms with E-state index in [1.165, 1.54) is 16.7 Å². The smallest absolute Gasteiger partial charge is 0.331 e. The number of benzene rings is 1. The first-order chi connectivity index (χ1) is 12.0. The van der Waals surface area contributed by atoms with E-state index in [9.17, 15) is 14.7 Å². The Hall–Kier alpha value is -2.35. The summed E-state index contributed by atoms with van der Waals surface area (Å²) >= 11 is 1.28. The van der Waals surface area contributed by atoms with Crippen LogP contribution in [0.25, 0.3) is 0 Å². The molecule has 0 spiro atoms. The summed E-state index contributed by atoms with van der Waals surface area (Å²) in [5.41, 5.74) is 1.69. The largest absolute Gasteiger partial charge is 0.479 e. The lowest BCUT2D eigenvalue weighted by Gasteiger charge is -2.34. The number of carboxylic acid groups (broad SMARTS) is 1. The van der Waals surface area contributed by atoms with Gasteiger partial charge in [-0.2, -0.15) is 0 Å². The number of amides is 1. The SMILES string of the molecule is CC(C)n1cnnc1SCC(=O)N1CCc2ccccc2C1C(=O)O. The summed E-state index contributed by atoms with van der Waals surface area (Å²) in [5, 5.41) is 18.2. The van der Waals surface area contributed by atoms with Gasteiger partial charge in [-0.1, -0.05) is 36.0 Å². The predicted octanol–water partition coefficient (Wildman–Crippen LogP) is 2.16. The van der Waals surface area contributed by atoms with Gasteiger partial charge >= 0.3 is 5.97 Å². The van der Waals surface area contributed by atoms with E-state index in [1.807, 2.05) is 36.6 Å². The highest BCUT2D eigenvalue weighted by atomic mass is 32.2. The van der Waals surface area contributed by atoms with Crippen LogP contribution in [0, 0.1) is 0 Å². The van der Waals surface area contributed by atoms with E-state index in [1.54, 1.807) is 12.4 Å². The van der Waals surface area contributed by atoms with E-state index in [0.717, 1.165) is 5.56 Å². The monoisotopic (exact) mass is 360 g/mol. The normalized spacial score (nSPS) is 16.8. The Morgan fingerprint density at radius 2 is 2.12 bits per heavy atom. The molecule has 1 atom stereocenters. The number of nitrogens with zero attached hydrogens (tertiary/aromatic N) is 4. The molecular formula is C17H20N4O3S. The number of thioether (sulfide) groups is 1. The second-order valence-electron chi connectivity index (χ2n) is 6.18. The van der Waals surface area contributed by atoms with Crippen molar-refractivity contribution in [3.63, 3.8) is 0 Å². The third-order valence-corrected chi connectivity index (χ3v) is 5.20. The maximum atomic E-state index is 12.7. The zero-order valence-electron chi connectivity index (χ0n) is 14.1. The van der Waals surface area contributed by atoms with Gasteiger partial charge in [0.2, 0.25) is 5.91 Å². The summed E-state index contributed by atoms with van der Waals surface area (Å²) in [6.07, 6.45) is 2.30. The molecule has 8 heteroatoms. The minimum absolute atomic E-state index is 0.136. The number of aliphatic carboxylic acids is 1. The van der Waals surface area contributed by atoms with Crippen molar-refractivity contribution in [1.82, 2.24) is 19.7 Å². The Bertz CT molecular complexity index is 790. The van der Waals surface area contributed by atoms with Gasteiger partial charge in [0, 0.05) is 12.6 Å². The lowest BCUT2D eigenvalue weighted by molar-refractivity contribution is -0.150. The molecule has 3 rings (SSSR count). The van der Waals surface area contributed by atoms with Crippen LogP contribution in [0.2, 0.25) is 0 Å². The molecule has 1 aliphatic rings. The highest BCUT2D eigenvalue weighted by Gasteiger charge is 2.35. The highest BCUT2D eigenvalue weighted by Crippen LogP contribution is 2.31. The van der Waals surface area contributed by atoms with Crippen LogP contribution in [0.5, 0.6) is 0 Å². The van der Waals surface area contributed by atoms with Crippen LogP contribution >= 0.6 is 11.8 Å². The third-order valence-electron chi connectivity index (χ3n) is 4.26. The lowest BCUT2D eigenvalue weighted by atomic mass is 9.92. The molecule has 0 saturated carbocycles. The number of hydrogen-bond acceptors (Lipinski definition) is 5. The summed E-state index contributed by atoms with van der Waals surface area (Å²) in [4.78, 5) is 25.9. The fourth-order valence-electron chi connectivity index (χ4n) is 3.00. The zero-order chi connectivity index (χ0) is 18.0. The molecule has 2 heterocycles. The molecule has 0 saturated heterocycles. The average Bonchev–Trinajstić information content (AvgIpc) is 3.07. The first-order valence-corrected chi connectivity index (χ1v) is 9.10. The van der Waals surface area contributed by atoms with Crippen molar-refractivity contribution in [2.24, 2.45) is 0 Å². The van der Waals surface area contributed by atoms with Gasteiger partial charge in [0.15, 0.2) is 11.2 Å². The highest BCUT2D eigenvalue weighted by molar-refractivity contribution is 7.99. The zero-order valence-corrected chi connectivity index (χ0v) is 14.9. The van der Waals surface area contributed by atoms with Crippen LogP contribution in [-0.4, -0.2) is 48.9 Å². The number of carbonyl (C=O) groups excluding carboxylic acids is 1. The maximum absolute atomic E-state index is 12.7. The molecule has 7 nitrogen and oxygen atoms in total. The number of aromatic nitrogens is 3. The van der Waals surface area contributed by atoms with Crippen molar-refractivity contribution in [2.45, 2.75) is 37.5 Å². The standard InChI is InChI=1S/C17H20N4O3S/c1-11(2)21-10-18-19-17(21)25-9-14(22)20-8-7-12-5-3-4-6-13(12)15(20)16(23)24/h3-6,10-11,15H,7-9H2,1-2H3,(H,23,24). The molecule has 0 radical (unpaired) electrons. The summed E-state index contributed by atoms with van der Waals surface area (Å²) in [6.45, 7) is 4.43.